The predicted molar refractivity (Wildman–Crippen MR) is 82.7 cm³/mol. The van der Waals surface area contributed by atoms with Gasteiger partial charge in [0, 0.05) is 18.6 Å². The van der Waals surface area contributed by atoms with Crippen LogP contribution in [0.5, 0.6) is 5.75 Å². The molecule has 0 spiro atoms. The van der Waals surface area contributed by atoms with Crippen LogP contribution in [0.2, 0.25) is 0 Å². The van der Waals surface area contributed by atoms with Crippen molar-refractivity contribution in [3.8, 4) is 5.75 Å². The van der Waals surface area contributed by atoms with Crippen molar-refractivity contribution < 1.29 is 9.53 Å². The molecule has 1 aromatic rings. The van der Waals surface area contributed by atoms with Crippen molar-refractivity contribution in [2.75, 3.05) is 20.2 Å². The van der Waals surface area contributed by atoms with E-state index < -0.39 is 0 Å². The highest BCUT2D eigenvalue weighted by Gasteiger charge is 2.35. The van der Waals surface area contributed by atoms with Crippen LogP contribution in [0.15, 0.2) is 24.3 Å². The number of hydrogen-bond acceptors (Lipinski definition) is 3. The van der Waals surface area contributed by atoms with E-state index in [-0.39, 0.29) is 5.91 Å². The van der Waals surface area contributed by atoms with Crippen LogP contribution in [-0.4, -0.2) is 43.1 Å². The number of carbonyl (C=O) groups is 1. The van der Waals surface area contributed by atoms with Crippen molar-refractivity contribution in [3.05, 3.63) is 29.8 Å². The average molecular weight is 288 g/mol. The normalized spacial score (nSPS) is 21.9. The zero-order valence-corrected chi connectivity index (χ0v) is 12.7. The number of para-hydroxylation sites is 1. The summed E-state index contributed by atoms with van der Waals surface area (Å²) >= 11 is 0. The number of ether oxygens (including phenoxy) is 1. The van der Waals surface area contributed by atoms with Crippen LogP contribution < -0.4 is 10.1 Å². The van der Waals surface area contributed by atoms with Gasteiger partial charge >= 0.3 is 0 Å². The Labute approximate surface area is 126 Å². The molecule has 1 saturated heterocycles. The van der Waals surface area contributed by atoms with E-state index in [1.54, 1.807) is 7.11 Å². The quantitative estimate of drug-likeness (QED) is 0.905. The standard InChI is InChI=1S/C17H24N2O2/c1-21-16-8-3-2-7-15(16)17(20)19(14-9-10-14)12-13-6-4-5-11-18-13/h2-3,7-8,13-14,18H,4-6,9-12H2,1H3. The number of carbonyl (C=O) groups excluding carboxylic acids is 1. The molecule has 4 heteroatoms. The van der Waals surface area contributed by atoms with E-state index in [1.807, 2.05) is 24.3 Å². The SMILES string of the molecule is COc1ccccc1C(=O)N(CC1CCCCN1)C1CC1. The molecule has 1 aliphatic heterocycles. The first-order chi connectivity index (χ1) is 10.3. The highest BCUT2D eigenvalue weighted by atomic mass is 16.5. The Morgan fingerprint density at radius 3 is 2.76 bits per heavy atom. The first-order valence-electron chi connectivity index (χ1n) is 7.97. The summed E-state index contributed by atoms with van der Waals surface area (Å²) in [6.07, 6.45) is 5.95. The first-order valence-corrected chi connectivity index (χ1v) is 7.97. The number of hydrogen-bond donors (Lipinski definition) is 1. The molecule has 0 aromatic heterocycles. The third kappa shape index (κ3) is 3.38. The van der Waals surface area contributed by atoms with Gasteiger partial charge in [0.2, 0.25) is 0 Å². The molecule has 3 rings (SSSR count). The lowest BCUT2D eigenvalue weighted by Crippen LogP contribution is -2.46. The first kappa shape index (κ1) is 14.4. The minimum atomic E-state index is 0.113. The Morgan fingerprint density at radius 1 is 1.29 bits per heavy atom. The number of rotatable bonds is 5. The van der Waals surface area contributed by atoms with Gasteiger partial charge in [-0.25, -0.2) is 0 Å². The summed E-state index contributed by atoms with van der Waals surface area (Å²) in [5.41, 5.74) is 0.683. The Morgan fingerprint density at radius 2 is 2.10 bits per heavy atom. The molecule has 1 atom stereocenters. The monoisotopic (exact) mass is 288 g/mol. The van der Waals surface area contributed by atoms with Crippen molar-refractivity contribution in [3.63, 3.8) is 0 Å². The third-order valence-electron chi connectivity index (χ3n) is 4.42. The van der Waals surface area contributed by atoms with Gasteiger partial charge in [0.15, 0.2) is 0 Å². The largest absolute Gasteiger partial charge is 0.496 e. The second-order valence-corrected chi connectivity index (χ2v) is 6.04. The Balaban J connectivity index is 1.75. The molecule has 1 saturated carbocycles. The van der Waals surface area contributed by atoms with Gasteiger partial charge in [-0.1, -0.05) is 18.6 Å². The van der Waals surface area contributed by atoms with Gasteiger partial charge in [-0.05, 0) is 44.4 Å². The van der Waals surface area contributed by atoms with E-state index in [0.29, 0.717) is 23.4 Å². The van der Waals surface area contributed by atoms with Crippen molar-refractivity contribution in [2.24, 2.45) is 0 Å². The molecule has 2 fully saturated rings. The molecule has 0 radical (unpaired) electrons. The molecule has 0 bridgehead atoms. The van der Waals surface area contributed by atoms with Crippen LogP contribution in [0.3, 0.4) is 0 Å². The fourth-order valence-corrected chi connectivity index (χ4v) is 3.08. The summed E-state index contributed by atoms with van der Waals surface area (Å²) in [7, 11) is 1.62. The maximum atomic E-state index is 12.9. The van der Waals surface area contributed by atoms with Crippen molar-refractivity contribution >= 4 is 5.91 Å². The summed E-state index contributed by atoms with van der Waals surface area (Å²) in [5, 5.41) is 3.54. The lowest BCUT2D eigenvalue weighted by Gasteiger charge is -2.31. The van der Waals surface area contributed by atoms with Crippen LogP contribution in [0, 0.1) is 0 Å². The van der Waals surface area contributed by atoms with E-state index >= 15 is 0 Å². The van der Waals surface area contributed by atoms with Crippen molar-refractivity contribution in [2.45, 2.75) is 44.2 Å². The van der Waals surface area contributed by atoms with Crippen LogP contribution in [-0.2, 0) is 0 Å². The number of benzene rings is 1. The summed E-state index contributed by atoms with van der Waals surface area (Å²) in [6, 6.07) is 8.39. The van der Waals surface area contributed by atoms with Gasteiger partial charge in [0.1, 0.15) is 5.75 Å². The minimum Gasteiger partial charge on any atom is -0.496 e. The van der Waals surface area contributed by atoms with Crippen molar-refractivity contribution in [1.82, 2.24) is 10.2 Å². The fourth-order valence-electron chi connectivity index (χ4n) is 3.08. The summed E-state index contributed by atoms with van der Waals surface area (Å²) < 4.78 is 5.34. The topological polar surface area (TPSA) is 41.6 Å². The Hall–Kier alpha value is -1.55. The second-order valence-electron chi connectivity index (χ2n) is 6.04. The maximum absolute atomic E-state index is 12.9. The molecule has 4 nitrogen and oxygen atoms in total. The van der Waals surface area contributed by atoms with Gasteiger partial charge in [0.25, 0.3) is 5.91 Å². The minimum absolute atomic E-state index is 0.113. The fraction of sp³-hybridized carbons (Fsp3) is 0.588. The highest BCUT2D eigenvalue weighted by molar-refractivity contribution is 5.97. The van der Waals surface area contributed by atoms with Crippen LogP contribution in [0.1, 0.15) is 42.5 Å². The molecular formula is C17H24N2O2. The Bertz CT molecular complexity index is 493. The van der Waals surface area contributed by atoms with E-state index in [1.165, 1.54) is 19.3 Å². The van der Waals surface area contributed by atoms with Crippen molar-refractivity contribution in [1.29, 1.82) is 0 Å². The molecule has 1 aromatic carbocycles. The molecule has 21 heavy (non-hydrogen) atoms. The predicted octanol–water partition coefficient (Wildman–Crippen LogP) is 2.44. The number of nitrogens with zero attached hydrogens (tertiary/aromatic N) is 1. The number of amides is 1. The van der Waals surface area contributed by atoms with Crippen LogP contribution in [0.4, 0.5) is 0 Å². The number of methoxy groups -OCH3 is 1. The average Bonchev–Trinajstić information content (AvgIpc) is 3.37. The molecule has 1 aliphatic carbocycles. The second kappa shape index (κ2) is 6.48. The molecule has 1 unspecified atom stereocenters. The van der Waals surface area contributed by atoms with Gasteiger partial charge in [0.05, 0.1) is 12.7 Å². The molecular weight excluding hydrogens is 264 g/mol. The zero-order valence-electron chi connectivity index (χ0n) is 12.7. The van der Waals surface area contributed by atoms with Gasteiger partial charge in [-0.15, -0.1) is 0 Å². The molecule has 1 amide bonds. The molecule has 2 aliphatic rings. The zero-order chi connectivity index (χ0) is 14.7. The van der Waals surface area contributed by atoms with Gasteiger partial charge in [-0.3, -0.25) is 4.79 Å². The summed E-state index contributed by atoms with van der Waals surface area (Å²) in [5.74, 6) is 0.784. The maximum Gasteiger partial charge on any atom is 0.257 e. The lowest BCUT2D eigenvalue weighted by molar-refractivity contribution is 0.0714. The van der Waals surface area contributed by atoms with Gasteiger partial charge < -0.3 is 15.0 Å². The summed E-state index contributed by atoms with van der Waals surface area (Å²) in [6.45, 7) is 1.90. The van der Waals surface area contributed by atoms with E-state index in [2.05, 4.69) is 10.2 Å². The number of nitrogens with one attached hydrogen (secondary N) is 1. The van der Waals surface area contributed by atoms with E-state index in [9.17, 15) is 4.79 Å². The van der Waals surface area contributed by atoms with Crippen LogP contribution in [0.25, 0.3) is 0 Å². The highest BCUT2D eigenvalue weighted by Crippen LogP contribution is 2.31. The van der Waals surface area contributed by atoms with E-state index in [4.69, 9.17) is 4.74 Å². The molecule has 114 valence electrons. The van der Waals surface area contributed by atoms with E-state index in [0.717, 1.165) is 25.9 Å². The Kier molecular flexibility index (Phi) is 4.44. The van der Waals surface area contributed by atoms with Crippen LogP contribution >= 0.6 is 0 Å². The third-order valence-corrected chi connectivity index (χ3v) is 4.42. The van der Waals surface area contributed by atoms with Gasteiger partial charge in [-0.2, -0.15) is 0 Å². The smallest absolute Gasteiger partial charge is 0.257 e. The summed E-state index contributed by atoms with van der Waals surface area (Å²) in [4.78, 5) is 15.0. The molecule has 1 N–H and O–H groups in total. The lowest BCUT2D eigenvalue weighted by atomic mass is 10.0. The number of piperidine rings is 1. The molecule has 1 heterocycles.